The molecule has 2 aromatic carbocycles. The standard InChI is InChI=1S/C28H29ClF2N4O7/c1-15(32-24(38)18-8-9-20(19(29)10-18)33-16(2)36)26(40)35-14-28(30,31)12-22(35)25(39)34-21-11-23(37)42-27(21)41-13-17-6-4-3-5-7-17/h3-10,15,21-22,27H,11-14H2,1-2H3,(H,32,38)(H,33,36)(H,34,39)/t15-,21?,22-,27?/m0/s1. The first-order valence-electron chi connectivity index (χ1n) is 13.0. The van der Waals surface area contributed by atoms with E-state index in [1.54, 1.807) is 24.3 Å². The Morgan fingerprint density at radius 1 is 1.17 bits per heavy atom. The minimum absolute atomic E-state index is 0.0576. The van der Waals surface area contributed by atoms with Crippen LogP contribution in [0.4, 0.5) is 14.5 Å². The molecule has 224 valence electrons. The molecule has 0 radical (unpaired) electrons. The summed E-state index contributed by atoms with van der Waals surface area (Å²) in [6.07, 6.45) is -2.32. The molecule has 4 atom stereocenters. The molecule has 0 saturated carbocycles. The molecule has 2 aromatic rings. The van der Waals surface area contributed by atoms with Crippen LogP contribution in [0.5, 0.6) is 0 Å². The van der Waals surface area contributed by atoms with E-state index in [1.807, 2.05) is 6.07 Å². The van der Waals surface area contributed by atoms with E-state index in [2.05, 4.69) is 16.0 Å². The third-order valence-corrected chi connectivity index (χ3v) is 6.98. The van der Waals surface area contributed by atoms with Gasteiger partial charge in [-0.1, -0.05) is 41.9 Å². The number of carbonyl (C=O) groups is 5. The smallest absolute Gasteiger partial charge is 0.310 e. The molecule has 2 unspecified atom stereocenters. The Morgan fingerprint density at radius 2 is 1.88 bits per heavy atom. The average Bonchev–Trinajstić information content (AvgIpc) is 3.45. The fourth-order valence-electron chi connectivity index (χ4n) is 4.66. The number of cyclic esters (lactones) is 1. The summed E-state index contributed by atoms with van der Waals surface area (Å²) >= 11 is 6.11. The van der Waals surface area contributed by atoms with Gasteiger partial charge in [-0.05, 0) is 30.7 Å². The first-order valence-corrected chi connectivity index (χ1v) is 13.4. The normalized spacial score (nSPS) is 21.8. The van der Waals surface area contributed by atoms with Gasteiger partial charge in [-0.15, -0.1) is 0 Å². The zero-order chi connectivity index (χ0) is 30.6. The fraction of sp³-hybridized carbons (Fsp3) is 0.393. The lowest BCUT2D eigenvalue weighted by atomic mass is 10.1. The van der Waals surface area contributed by atoms with Crippen molar-refractivity contribution in [3.8, 4) is 0 Å². The molecule has 3 N–H and O–H groups in total. The first kappa shape index (κ1) is 30.8. The number of rotatable bonds is 9. The van der Waals surface area contributed by atoms with Crippen molar-refractivity contribution in [3.63, 3.8) is 0 Å². The van der Waals surface area contributed by atoms with Crippen LogP contribution in [-0.4, -0.2) is 71.4 Å². The van der Waals surface area contributed by atoms with Crippen LogP contribution in [0.25, 0.3) is 0 Å². The van der Waals surface area contributed by atoms with Gasteiger partial charge in [0.05, 0.1) is 30.3 Å². The largest absolute Gasteiger partial charge is 0.433 e. The maximum absolute atomic E-state index is 14.5. The molecule has 2 fully saturated rings. The Labute approximate surface area is 244 Å². The second-order valence-corrected chi connectivity index (χ2v) is 10.5. The number of amides is 4. The van der Waals surface area contributed by atoms with Crippen LogP contribution in [0, 0.1) is 0 Å². The quantitative estimate of drug-likeness (QED) is 0.372. The molecule has 0 aliphatic carbocycles. The Balaban J connectivity index is 1.40. The zero-order valence-electron chi connectivity index (χ0n) is 22.7. The molecule has 14 heteroatoms. The lowest BCUT2D eigenvalue weighted by molar-refractivity contribution is -0.168. The van der Waals surface area contributed by atoms with E-state index >= 15 is 0 Å². The lowest BCUT2D eigenvalue weighted by Crippen LogP contribution is -2.54. The Hall–Kier alpha value is -4.10. The van der Waals surface area contributed by atoms with Crippen molar-refractivity contribution in [2.45, 2.75) is 63.6 Å². The van der Waals surface area contributed by atoms with Gasteiger partial charge in [-0.2, -0.15) is 0 Å². The highest BCUT2D eigenvalue weighted by molar-refractivity contribution is 6.34. The van der Waals surface area contributed by atoms with Crippen molar-refractivity contribution < 1.29 is 42.2 Å². The molecule has 2 heterocycles. The van der Waals surface area contributed by atoms with Gasteiger partial charge in [-0.25, -0.2) is 8.78 Å². The monoisotopic (exact) mass is 606 g/mol. The van der Waals surface area contributed by atoms with Crippen LogP contribution >= 0.6 is 11.6 Å². The van der Waals surface area contributed by atoms with E-state index < -0.39 is 67.0 Å². The number of alkyl halides is 2. The second-order valence-electron chi connectivity index (χ2n) is 10.1. The van der Waals surface area contributed by atoms with E-state index in [-0.39, 0.29) is 35.2 Å². The molecule has 42 heavy (non-hydrogen) atoms. The number of benzene rings is 2. The molecule has 2 aliphatic rings. The van der Waals surface area contributed by atoms with Crippen LogP contribution in [0.3, 0.4) is 0 Å². The van der Waals surface area contributed by atoms with Crippen LogP contribution in [0.1, 0.15) is 42.6 Å². The highest BCUT2D eigenvalue weighted by Crippen LogP contribution is 2.33. The number of hydrogen-bond donors (Lipinski definition) is 3. The van der Waals surface area contributed by atoms with Crippen LogP contribution in [-0.2, 0) is 35.3 Å². The summed E-state index contributed by atoms with van der Waals surface area (Å²) in [7, 11) is 0. The lowest BCUT2D eigenvalue weighted by Gasteiger charge is -2.28. The molecular weight excluding hydrogens is 578 g/mol. The van der Waals surface area contributed by atoms with E-state index in [0.717, 1.165) is 5.56 Å². The van der Waals surface area contributed by atoms with E-state index in [9.17, 15) is 32.8 Å². The van der Waals surface area contributed by atoms with Crippen molar-refractivity contribution in [2.75, 3.05) is 11.9 Å². The Morgan fingerprint density at radius 3 is 2.55 bits per heavy atom. The van der Waals surface area contributed by atoms with Gasteiger partial charge in [0.25, 0.3) is 11.8 Å². The number of likely N-dealkylation sites (tertiary alicyclic amines) is 1. The maximum atomic E-state index is 14.5. The van der Waals surface area contributed by atoms with Gasteiger partial charge in [0.2, 0.25) is 24.0 Å². The number of esters is 1. The zero-order valence-corrected chi connectivity index (χ0v) is 23.5. The molecule has 11 nitrogen and oxygen atoms in total. The van der Waals surface area contributed by atoms with Gasteiger partial charge in [0.1, 0.15) is 18.1 Å². The topological polar surface area (TPSA) is 143 Å². The molecule has 4 rings (SSSR count). The molecule has 2 saturated heterocycles. The number of halogens is 3. The Bertz CT molecular complexity index is 1380. The minimum Gasteiger partial charge on any atom is -0.433 e. The minimum atomic E-state index is -3.36. The summed E-state index contributed by atoms with van der Waals surface area (Å²) in [5.41, 5.74) is 1.13. The van der Waals surface area contributed by atoms with Crippen molar-refractivity contribution in [1.29, 1.82) is 0 Å². The van der Waals surface area contributed by atoms with Gasteiger partial charge in [-0.3, -0.25) is 24.0 Å². The number of nitrogens with zero attached hydrogens (tertiary/aromatic N) is 1. The number of carbonyl (C=O) groups excluding carboxylic acids is 5. The van der Waals surface area contributed by atoms with Gasteiger partial charge in [0, 0.05) is 18.9 Å². The summed E-state index contributed by atoms with van der Waals surface area (Å²) in [4.78, 5) is 63.0. The van der Waals surface area contributed by atoms with Gasteiger partial charge < -0.3 is 30.3 Å². The van der Waals surface area contributed by atoms with E-state index in [4.69, 9.17) is 21.1 Å². The van der Waals surface area contributed by atoms with Crippen LogP contribution in [0.15, 0.2) is 48.5 Å². The molecule has 0 aromatic heterocycles. The summed E-state index contributed by atoms with van der Waals surface area (Å²) in [6.45, 7) is 1.64. The van der Waals surface area contributed by atoms with E-state index in [1.165, 1.54) is 32.0 Å². The third kappa shape index (κ3) is 7.59. The highest BCUT2D eigenvalue weighted by atomic mass is 35.5. The fourth-order valence-corrected chi connectivity index (χ4v) is 4.88. The molecule has 0 bridgehead atoms. The van der Waals surface area contributed by atoms with E-state index in [0.29, 0.717) is 4.90 Å². The number of hydrogen-bond acceptors (Lipinski definition) is 7. The van der Waals surface area contributed by atoms with Crippen molar-refractivity contribution in [2.24, 2.45) is 0 Å². The maximum Gasteiger partial charge on any atom is 0.310 e. The summed E-state index contributed by atoms with van der Waals surface area (Å²) in [6, 6.07) is 9.25. The molecule has 2 aliphatic heterocycles. The predicted molar refractivity (Wildman–Crippen MR) is 145 cm³/mol. The van der Waals surface area contributed by atoms with Crippen LogP contribution in [0.2, 0.25) is 5.02 Å². The average molecular weight is 607 g/mol. The number of anilines is 1. The van der Waals surface area contributed by atoms with Crippen molar-refractivity contribution >= 4 is 46.9 Å². The molecular formula is C28H29ClF2N4O7. The highest BCUT2D eigenvalue weighted by Gasteiger charge is 2.51. The third-order valence-electron chi connectivity index (χ3n) is 6.66. The van der Waals surface area contributed by atoms with Gasteiger partial charge in [0.15, 0.2) is 0 Å². The summed E-state index contributed by atoms with van der Waals surface area (Å²) in [5, 5.41) is 7.52. The first-order chi connectivity index (χ1) is 19.8. The predicted octanol–water partition coefficient (Wildman–Crippen LogP) is 2.63. The summed E-state index contributed by atoms with van der Waals surface area (Å²) < 4.78 is 39.8. The summed E-state index contributed by atoms with van der Waals surface area (Å²) in [5.74, 6) is -6.90. The van der Waals surface area contributed by atoms with Crippen molar-refractivity contribution in [3.05, 3.63) is 64.7 Å². The number of ether oxygens (including phenoxy) is 2. The Kier molecular flexibility index (Phi) is 9.42. The molecule has 0 spiro atoms. The van der Waals surface area contributed by atoms with Gasteiger partial charge >= 0.3 is 5.97 Å². The number of nitrogens with one attached hydrogen (secondary N) is 3. The second kappa shape index (κ2) is 12.8. The SMILES string of the molecule is CC(=O)Nc1ccc(C(=O)N[C@@H](C)C(=O)N2CC(F)(F)C[C@H]2C(=O)NC2CC(=O)OC2OCc2ccccc2)cc1Cl. The molecule has 4 amide bonds. The van der Waals surface area contributed by atoms with Crippen LogP contribution < -0.4 is 16.0 Å². The van der Waals surface area contributed by atoms with Crippen molar-refractivity contribution in [1.82, 2.24) is 15.5 Å².